The zero-order chi connectivity index (χ0) is 21.3. The van der Waals surface area contributed by atoms with E-state index in [0.717, 1.165) is 12.8 Å². The largest absolute Gasteiger partial charge is 1.00 e. The van der Waals surface area contributed by atoms with Crippen molar-refractivity contribution in [2.75, 3.05) is 0 Å². The molecule has 0 radical (unpaired) electrons. The van der Waals surface area contributed by atoms with Gasteiger partial charge >= 0.3 is 47.5 Å². The molecule has 0 bridgehead atoms. The van der Waals surface area contributed by atoms with Crippen molar-refractivity contribution < 1.29 is 74.3 Å². The van der Waals surface area contributed by atoms with Crippen LogP contribution in [0, 0.1) is 0 Å². The van der Waals surface area contributed by atoms with Gasteiger partial charge in [0.2, 0.25) is 0 Å². The van der Waals surface area contributed by atoms with Crippen molar-refractivity contribution in [2.45, 2.75) is 89.6 Å². The molecule has 0 aliphatic carbocycles. The van der Waals surface area contributed by atoms with Crippen molar-refractivity contribution in [1.82, 2.24) is 0 Å². The van der Waals surface area contributed by atoms with E-state index in [1.54, 1.807) is 0 Å². The number of hydrogen-bond acceptors (Lipinski definition) is 6. The number of rotatable bonds is 15. The average Bonchev–Trinajstić information content (AvgIpc) is 2.52. The van der Waals surface area contributed by atoms with Gasteiger partial charge in [-0.05, 0) is 6.42 Å². The predicted octanol–water partition coefficient (Wildman–Crippen LogP) is -1.59. The first kappa shape index (κ1) is 31.5. The first-order valence-electron chi connectivity index (χ1n) is 9.14. The van der Waals surface area contributed by atoms with Crippen LogP contribution in [0.1, 0.15) is 84.0 Å². The molecular weight excluding hydrogens is 383 g/mol. The van der Waals surface area contributed by atoms with Gasteiger partial charge < -0.3 is 30.3 Å². The minimum absolute atomic E-state index is 0. The Kier molecular flexibility index (Phi) is 21.6. The molecule has 0 aromatic carbocycles. The van der Waals surface area contributed by atoms with Crippen LogP contribution in [0.25, 0.3) is 0 Å². The van der Waals surface area contributed by atoms with E-state index in [4.69, 9.17) is 20.4 Å². The van der Waals surface area contributed by atoms with E-state index in [-0.39, 0.29) is 29.6 Å². The molecular formula is C18H31NaO9. The van der Waals surface area contributed by atoms with Crippen LogP contribution < -0.4 is 34.7 Å². The Morgan fingerprint density at radius 2 is 1.18 bits per heavy atom. The molecule has 158 valence electrons. The van der Waals surface area contributed by atoms with Crippen LogP contribution in [-0.4, -0.2) is 49.9 Å². The van der Waals surface area contributed by atoms with Gasteiger partial charge in [-0.1, -0.05) is 58.3 Å². The topological polar surface area (TPSA) is 172 Å². The van der Waals surface area contributed by atoms with E-state index in [1.165, 1.54) is 44.9 Å². The van der Waals surface area contributed by atoms with Gasteiger partial charge in [-0.2, -0.15) is 0 Å². The van der Waals surface area contributed by atoms with Gasteiger partial charge in [-0.15, -0.1) is 0 Å². The minimum atomic E-state index is -2.80. The molecule has 0 aliphatic rings. The molecule has 0 saturated heterocycles. The van der Waals surface area contributed by atoms with Crippen molar-refractivity contribution in [3.63, 3.8) is 0 Å². The predicted molar refractivity (Wildman–Crippen MR) is 93.9 cm³/mol. The monoisotopic (exact) mass is 414 g/mol. The Morgan fingerprint density at radius 3 is 1.50 bits per heavy atom. The maximum atomic E-state index is 10.3. The van der Waals surface area contributed by atoms with Crippen LogP contribution in [0.5, 0.6) is 0 Å². The van der Waals surface area contributed by atoms with Gasteiger partial charge in [-0.25, -0.2) is 4.79 Å². The van der Waals surface area contributed by atoms with Gasteiger partial charge in [0.25, 0.3) is 0 Å². The van der Waals surface area contributed by atoms with E-state index in [2.05, 4.69) is 6.92 Å². The second-order valence-electron chi connectivity index (χ2n) is 6.43. The van der Waals surface area contributed by atoms with Crippen LogP contribution in [-0.2, 0) is 19.2 Å². The Hall–Kier alpha value is -1.16. The normalized spacial score (nSPS) is 11.9. The molecule has 0 amide bonds. The molecule has 9 nitrogen and oxygen atoms in total. The molecule has 0 aromatic heterocycles. The Morgan fingerprint density at radius 1 is 0.750 bits per heavy atom. The molecule has 0 fully saturated rings. The van der Waals surface area contributed by atoms with E-state index < -0.39 is 42.3 Å². The quantitative estimate of drug-likeness (QED) is 0.182. The van der Waals surface area contributed by atoms with Crippen LogP contribution in [0.3, 0.4) is 0 Å². The van der Waals surface area contributed by atoms with Crippen molar-refractivity contribution in [3.05, 3.63) is 0 Å². The summed E-state index contributed by atoms with van der Waals surface area (Å²) in [6, 6.07) is 0. The van der Waals surface area contributed by atoms with Crippen LogP contribution >= 0.6 is 0 Å². The molecule has 4 N–H and O–H groups in total. The standard InChI is InChI=1S/C12H24O2.C6H8O7.Na/c1-2-3-4-5-6-7-8-9-10-11-12(13)14;7-3(8)1-6(13,5(11)12)2-4(9)10;/h2-11H2,1H3,(H,13,14);13H,1-2H2,(H,7,8)(H,9,10)(H,11,12);/q;;+1/p-1. The summed E-state index contributed by atoms with van der Waals surface area (Å²) in [7, 11) is 0. The fourth-order valence-electron chi connectivity index (χ4n) is 2.29. The Bertz CT molecular complexity index is 450. The molecule has 1 unspecified atom stereocenters. The summed E-state index contributed by atoms with van der Waals surface area (Å²) < 4.78 is 0. The molecule has 0 rings (SSSR count). The fourth-order valence-corrected chi connectivity index (χ4v) is 2.29. The zero-order valence-electron chi connectivity index (χ0n) is 16.8. The number of carbonyl (C=O) groups excluding carboxylic acids is 1. The van der Waals surface area contributed by atoms with Gasteiger partial charge in [0.05, 0.1) is 6.42 Å². The Labute approximate surface area is 187 Å². The summed E-state index contributed by atoms with van der Waals surface area (Å²) in [5.74, 6) is -6.00. The van der Waals surface area contributed by atoms with E-state index in [9.17, 15) is 24.3 Å². The second kappa shape index (κ2) is 19.2. The summed E-state index contributed by atoms with van der Waals surface area (Å²) in [5.41, 5.74) is -2.80. The molecule has 0 saturated carbocycles. The van der Waals surface area contributed by atoms with E-state index >= 15 is 0 Å². The van der Waals surface area contributed by atoms with Gasteiger partial charge in [0.15, 0.2) is 5.60 Å². The first-order valence-corrected chi connectivity index (χ1v) is 9.14. The summed E-state index contributed by atoms with van der Waals surface area (Å²) in [5, 5.41) is 43.9. The van der Waals surface area contributed by atoms with Gasteiger partial charge in [0.1, 0.15) is 0 Å². The van der Waals surface area contributed by atoms with Crippen LogP contribution in [0.2, 0.25) is 0 Å². The number of unbranched alkanes of at least 4 members (excludes halogenated alkanes) is 8. The first-order chi connectivity index (χ1) is 12.5. The van der Waals surface area contributed by atoms with Crippen LogP contribution in [0.15, 0.2) is 0 Å². The SMILES string of the molecule is CCCCCCCCCCCC(=O)O.O=C([O-])CC(O)(CC(=O)O)C(=O)O.[Na+]. The molecule has 0 aromatic rings. The smallest absolute Gasteiger partial charge is 0.550 e. The summed E-state index contributed by atoms with van der Waals surface area (Å²) in [4.78, 5) is 40.5. The number of aliphatic carboxylic acids is 4. The van der Waals surface area contributed by atoms with Crippen molar-refractivity contribution in [2.24, 2.45) is 0 Å². The number of carbonyl (C=O) groups is 4. The fraction of sp³-hybridized carbons (Fsp3) is 0.778. The third kappa shape index (κ3) is 21.1. The zero-order valence-corrected chi connectivity index (χ0v) is 18.8. The number of aliphatic hydroxyl groups is 1. The van der Waals surface area contributed by atoms with Crippen molar-refractivity contribution in [3.8, 4) is 0 Å². The summed E-state index contributed by atoms with van der Waals surface area (Å²) in [6.45, 7) is 2.23. The van der Waals surface area contributed by atoms with Gasteiger partial charge in [0, 0.05) is 18.8 Å². The summed E-state index contributed by atoms with van der Waals surface area (Å²) in [6.07, 6.45) is 9.04. The maximum Gasteiger partial charge on any atom is 1.00 e. The van der Waals surface area contributed by atoms with Crippen molar-refractivity contribution in [1.29, 1.82) is 0 Å². The maximum absolute atomic E-state index is 10.3. The van der Waals surface area contributed by atoms with Crippen LogP contribution in [0.4, 0.5) is 0 Å². The Balaban J connectivity index is -0.000000432. The second-order valence-corrected chi connectivity index (χ2v) is 6.43. The van der Waals surface area contributed by atoms with Gasteiger partial charge in [-0.3, -0.25) is 9.59 Å². The molecule has 0 aliphatic heterocycles. The number of hydrogen-bond donors (Lipinski definition) is 4. The minimum Gasteiger partial charge on any atom is -0.550 e. The number of carboxylic acid groups (broad SMARTS) is 4. The van der Waals surface area contributed by atoms with E-state index in [0.29, 0.717) is 6.42 Å². The third-order valence-corrected chi connectivity index (χ3v) is 3.77. The molecule has 0 heterocycles. The molecule has 10 heteroatoms. The molecule has 0 spiro atoms. The van der Waals surface area contributed by atoms with Crippen molar-refractivity contribution >= 4 is 23.9 Å². The third-order valence-electron chi connectivity index (χ3n) is 3.77. The summed E-state index contributed by atoms with van der Waals surface area (Å²) >= 11 is 0. The van der Waals surface area contributed by atoms with E-state index in [1.807, 2.05) is 0 Å². The molecule has 28 heavy (non-hydrogen) atoms. The molecule has 1 atom stereocenters. The number of carboxylic acids is 4. The average molecular weight is 414 g/mol.